The molecule has 0 radical (unpaired) electrons. The molecular formula is C22H20Cl2N6. The van der Waals surface area contributed by atoms with Crippen LogP contribution in [0.2, 0.25) is 10.0 Å². The van der Waals surface area contributed by atoms with Crippen LogP contribution < -0.4 is 4.90 Å². The van der Waals surface area contributed by atoms with Crippen molar-refractivity contribution in [3.05, 3.63) is 64.9 Å². The maximum Gasteiger partial charge on any atom is 0.170 e. The Balaban J connectivity index is 1.75. The molecule has 6 nitrogen and oxygen atoms in total. The molecule has 152 valence electrons. The summed E-state index contributed by atoms with van der Waals surface area (Å²) in [5.74, 6) is 1.59. The first kappa shape index (κ1) is 19.3. The van der Waals surface area contributed by atoms with Gasteiger partial charge in [0.2, 0.25) is 0 Å². The highest BCUT2D eigenvalue weighted by Gasteiger charge is 2.24. The lowest BCUT2D eigenvalue weighted by Gasteiger charge is -2.33. The zero-order chi connectivity index (χ0) is 20.7. The summed E-state index contributed by atoms with van der Waals surface area (Å²) in [6.07, 6.45) is 1.61. The fourth-order valence-electron chi connectivity index (χ4n) is 3.79. The summed E-state index contributed by atoms with van der Waals surface area (Å²) in [5.41, 5.74) is 3.28. The predicted octanol–water partition coefficient (Wildman–Crippen LogP) is 4.54. The van der Waals surface area contributed by atoms with E-state index in [1.165, 1.54) is 0 Å². The molecule has 0 aliphatic carbocycles. The predicted molar refractivity (Wildman–Crippen MR) is 122 cm³/mol. The molecule has 0 amide bonds. The Labute approximate surface area is 184 Å². The molecule has 2 aromatic carbocycles. The van der Waals surface area contributed by atoms with E-state index >= 15 is 0 Å². The van der Waals surface area contributed by atoms with Gasteiger partial charge in [0.25, 0.3) is 0 Å². The zero-order valence-electron chi connectivity index (χ0n) is 16.5. The summed E-state index contributed by atoms with van der Waals surface area (Å²) in [6.45, 7) is 3.78. The molecule has 0 unspecified atom stereocenters. The summed E-state index contributed by atoms with van der Waals surface area (Å²) in [5, 5.41) is 1.31. The fraction of sp³-hybridized carbons (Fsp3) is 0.227. The van der Waals surface area contributed by atoms with Crippen molar-refractivity contribution in [1.29, 1.82) is 0 Å². The van der Waals surface area contributed by atoms with Gasteiger partial charge in [-0.3, -0.25) is 4.57 Å². The van der Waals surface area contributed by atoms with Gasteiger partial charge in [-0.2, -0.15) is 0 Å². The summed E-state index contributed by atoms with van der Waals surface area (Å²) >= 11 is 12.7. The summed E-state index contributed by atoms with van der Waals surface area (Å²) < 4.78 is 2.02. The molecule has 1 aliphatic rings. The number of anilines is 1. The average Bonchev–Trinajstić information content (AvgIpc) is 3.15. The van der Waals surface area contributed by atoms with Crippen molar-refractivity contribution in [1.82, 2.24) is 24.4 Å². The van der Waals surface area contributed by atoms with Crippen LogP contribution in [0.5, 0.6) is 0 Å². The number of likely N-dealkylation sites (N-methyl/N-ethyl adjacent to an activating group) is 1. The molecular weight excluding hydrogens is 419 g/mol. The van der Waals surface area contributed by atoms with Crippen LogP contribution in [-0.4, -0.2) is 57.6 Å². The van der Waals surface area contributed by atoms with Crippen molar-refractivity contribution in [3.8, 4) is 17.1 Å². The number of hydrogen-bond acceptors (Lipinski definition) is 5. The highest BCUT2D eigenvalue weighted by molar-refractivity contribution is 6.33. The number of benzene rings is 2. The van der Waals surface area contributed by atoms with Crippen LogP contribution in [0.3, 0.4) is 0 Å². The largest absolute Gasteiger partial charge is 0.352 e. The second kappa shape index (κ2) is 7.87. The monoisotopic (exact) mass is 438 g/mol. The number of halogens is 2. The second-order valence-corrected chi connectivity index (χ2v) is 8.23. The topological polar surface area (TPSA) is 50.1 Å². The Hall–Kier alpha value is -2.67. The van der Waals surface area contributed by atoms with E-state index in [1.54, 1.807) is 6.33 Å². The number of fused-ring (bicyclic) bond motifs is 1. The van der Waals surface area contributed by atoms with Crippen molar-refractivity contribution in [3.63, 3.8) is 0 Å². The van der Waals surface area contributed by atoms with Gasteiger partial charge < -0.3 is 9.80 Å². The minimum atomic E-state index is 0.636. The van der Waals surface area contributed by atoms with E-state index in [0.717, 1.165) is 60.2 Å². The summed E-state index contributed by atoms with van der Waals surface area (Å²) in [7, 11) is 2.14. The lowest BCUT2D eigenvalue weighted by molar-refractivity contribution is 0.312. The van der Waals surface area contributed by atoms with Gasteiger partial charge in [-0.1, -0.05) is 35.3 Å². The van der Waals surface area contributed by atoms with E-state index in [1.807, 2.05) is 53.1 Å². The number of hydrogen-bond donors (Lipinski definition) is 0. The van der Waals surface area contributed by atoms with Crippen molar-refractivity contribution >= 4 is 40.2 Å². The van der Waals surface area contributed by atoms with Gasteiger partial charge in [-0.25, -0.2) is 15.0 Å². The second-order valence-electron chi connectivity index (χ2n) is 7.39. The molecule has 0 N–H and O–H groups in total. The molecule has 3 heterocycles. The molecule has 2 aromatic heterocycles. The molecule has 0 atom stereocenters. The molecule has 1 fully saturated rings. The lowest BCUT2D eigenvalue weighted by atomic mass is 10.2. The Morgan fingerprint density at radius 3 is 2.33 bits per heavy atom. The summed E-state index contributed by atoms with van der Waals surface area (Å²) in [4.78, 5) is 18.8. The number of rotatable bonds is 3. The van der Waals surface area contributed by atoms with Crippen LogP contribution in [-0.2, 0) is 0 Å². The standard InChI is InChI=1S/C22H20Cl2N6/c1-28-10-12-29(13-11-28)21-19-22(26-14-25-21)30(16-8-6-15(23)7-9-16)20(27-19)17-4-2-3-5-18(17)24/h2-9,14H,10-13H2,1H3. The summed E-state index contributed by atoms with van der Waals surface area (Å²) in [6, 6.07) is 15.4. The van der Waals surface area contributed by atoms with Crippen LogP contribution in [0.1, 0.15) is 0 Å². The van der Waals surface area contributed by atoms with Crippen molar-refractivity contribution in [2.45, 2.75) is 0 Å². The zero-order valence-corrected chi connectivity index (χ0v) is 18.0. The Morgan fingerprint density at radius 1 is 0.867 bits per heavy atom. The van der Waals surface area contributed by atoms with Gasteiger partial charge in [-0.15, -0.1) is 0 Å². The van der Waals surface area contributed by atoms with E-state index in [4.69, 9.17) is 28.2 Å². The molecule has 30 heavy (non-hydrogen) atoms. The number of piperazine rings is 1. The minimum absolute atomic E-state index is 0.636. The Morgan fingerprint density at radius 2 is 1.60 bits per heavy atom. The van der Waals surface area contributed by atoms with E-state index in [-0.39, 0.29) is 0 Å². The third-order valence-corrected chi connectivity index (χ3v) is 6.01. The Bertz CT molecular complexity index is 1200. The third kappa shape index (κ3) is 3.41. The molecule has 0 saturated carbocycles. The quantitative estimate of drug-likeness (QED) is 0.469. The van der Waals surface area contributed by atoms with Gasteiger partial charge in [0.05, 0.1) is 5.02 Å². The van der Waals surface area contributed by atoms with Crippen molar-refractivity contribution in [2.75, 3.05) is 38.1 Å². The highest BCUT2D eigenvalue weighted by Crippen LogP contribution is 2.34. The van der Waals surface area contributed by atoms with Gasteiger partial charge in [0.1, 0.15) is 12.2 Å². The minimum Gasteiger partial charge on any atom is -0.352 e. The molecule has 0 bridgehead atoms. The van der Waals surface area contributed by atoms with Gasteiger partial charge in [0.15, 0.2) is 17.0 Å². The number of aromatic nitrogens is 4. The number of imidazole rings is 1. The maximum atomic E-state index is 6.55. The first-order chi connectivity index (χ1) is 14.6. The van der Waals surface area contributed by atoms with Crippen LogP contribution in [0, 0.1) is 0 Å². The van der Waals surface area contributed by atoms with Crippen molar-refractivity contribution < 1.29 is 0 Å². The molecule has 8 heteroatoms. The SMILES string of the molecule is CN1CCN(c2ncnc3c2nc(-c2ccccc2Cl)n3-c2ccc(Cl)cc2)CC1. The van der Waals surface area contributed by atoms with E-state index in [2.05, 4.69) is 26.8 Å². The van der Waals surface area contributed by atoms with Gasteiger partial charge in [0, 0.05) is 42.5 Å². The molecule has 5 rings (SSSR count). The van der Waals surface area contributed by atoms with Crippen LogP contribution in [0.15, 0.2) is 54.9 Å². The first-order valence-electron chi connectivity index (χ1n) is 9.79. The normalized spacial score (nSPS) is 15.1. The molecule has 1 aliphatic heterocycles. The van der Waals surface area contributed by atoms with E-state index < -0.39 is 0 Å². The Kier molecular flexibility index (Phi) is 5.06. The smallest absolute Gasteiger partial charge is 0.170 e. The molecule has 0 spiro atoms. The van der Waals surface area contributed by atoms with Crippen LogP contribution >= 0.6 is 23.2 Å². The first-order valence-corrected chi connectivity index (χ1v) is 10.5. The van der Waals surface area contributed by atoms with Gasteiger partial charge in [-0.05, 0) is 43.4 Å². The third-order valence-electron chi connectivity index (χ3n) is 5.43. The molecule has 1 saturated heterocycles. The van der Waals surface area contributed by atoms with Crippen LogP contribution in [0.25, 0.3) is 28.2 Å². The van der Waals surface area contributed by atoms with Crippen molar-refractivity contribution in [2.24, 2.45) is 0 Å². The van der Waals surface area contributed by atoms with Crippen LogP contribution in [0.4, 0.5) is 5.82 Å². The fourth-order valence-corrected chi connectivity index (χ4v) is 4.13. The maximum absolute atomic E-state index is 6.55. The van der Waals surface area contributed by atoms with E-state index in [0.29, 0.717) is 10.0 Å². The average molecular weight is 439 g/mol. The molecule has 4 aromatic rings. The van der Waals surface area contributed by atoms with Gasteiger partial charge >= 0.3 is 0 Å². The van der Waals surface area contributed by atoms with E-state index in [9.17, 15) is 0 Å². The highest BCUT2D eigenvalue weighted by atomic mass is 35.5. The lowest BCUT2D eigenvalue weighted by Crippen LogP contribution is -2.44. The number of nitrogens with zero attached hydrogens (tertiary/aromatic N) is 6.